The third-order valence-corrected chi connectivity index (χ3v) is 4.95. The molecule has 23 heavy (non-hydrogen) atoms. The third kappa shape index (κ3) is 4.13. The molecular weight excluding hydrogens is 310 g/mol. The van der Waals surface area contributed by atoms with Gasteiger partial charge in [-0.1, -0.05) is 35.9 Å². The zero-order valence-electron chi connectivity index (χ0n) is 13.1. The Balaban J connectivity index is 2.36. The van der Waals surface area contributed by atoms with Gasteiger partial charge in [-0.2, -0.15) is 0 Å². The Labute approximate surface area is 137 Å². The van der Waals surface area contributed by atoms with Crippen LogP contribution in [0.5, 0.6) is 5.75 Å². The topological polar surface area (TPSA) is 55.4 Å². The Morgan fingerprint density at radius 3 is 2.43 bits per heavy atom. The minimum Gasteiger partial charge on any atom is -0.496 e. The molecule has 1 unspecified atom stereocenters. The normalized spacial score (nSPS) is 12.4. The van der Waals surface area contributed by atoms with Crippen molar-refractivity contribution in [3.05, 3.63) is 59.7 Å². The van der Waals surface area contributed by atoms with Gasteiger partial charge < -0.3 is 4.74 Å². The first-order valence-electron chi connectivity index (χ1n) is 7.13. The quantitative estimate of drug-likeness (QED) is 0.829. The number of aryl methyl sites for hydroxylation is 1. The molecule has 1 atom stereocenters. The van der Waals surface area contributed by atoms with E-state index in [-0.39, 0.29) is 11.3 Å². The van der Waals surface area contributed by atoms with Crippen LogP contribution in [0.2, 0.25) is 0 Å². The van der Waals surface area contributed by atoms with Crippen LogP contribution in [0.4, 0.5) is 0 Å². The Morgan fingerprint density at radius 1 is 1.17 bits per heavy atom. The highest BCUT2D eigenvalue weighted by Gasteiger charge is 2.23. The van der Waals surface area contributed by atoms with Gasteiger partial charge in [0.2, 0.25) is 10.0 Å². The first-order chi connectivity index (χ1) is 11.0. The van der Waals surface area contributed by atoms with Gasteiger partial charge in [0.15, 0.2) is 0 Å². The average molecular weight is 329 g/mol. The number of benzene rings is 2. The van der Waals surface area contributed by atoms with Crippen molar-refractivity contribution in [3.63, 3.8) is 0 Å². The van der Waals surface area contributed by atoms with E-state index in [1.165, 1.54) is 0 Å². The van der Waals surface area contributed by atoms with Crippen molar-refractivity contribution in [3.8, 4) is 18.1 Å². The summed E-state index contributed by atoms with van der Waals surface area (Å²) in [5.41, 5.74) is 1.71. The van der Waals surface area contributed by atoms with Crippen molar-refractivity contribution in [1.82, 2.24) is 4.72 Å². The Hall–Kier alpha value is -2.29. The monoisotopic (exact) mass is 329 g/mol. The van der Waals surface area contributed by atoms with Crippen LogP contribution >= 0.6 is 0 Å². The molecule has 0 amide bonds. The van der Waals surface area contributed by atoms with Gasteiger partial charge in [0.1, 0.15) is 5.75 Å². The molecule has 5 heteroatoms. The number of rotatable bonds is 6. The molecule has 0 aliphatic rings. The lowest BCUT2D eigenvalue weighted by molar-refractivity contribution is 0.404. The van der Waals surface area contributed by atoms with Crippen LogP contribution < -0.4 is 9.46 Å². The fraction of sp³-hybridized carbons (Fsp3) is 0.222. The molecule has 0 saturated heterocycles. The summed E-state index contributed by atoms with van der Waals surface area (Å²) in [6.07, 6.45) is 5.64. The summed E-state index contributed by atoms with van der Waals surface area (Å²) in [6, 6.07) is 13.3. The van der Waals surface area contributed by atoms with Gasteiger partial charge in [-0.3, -0.25) is 0 Å². The van der Waals surface area contributed by atoms with Crippen molar-refractivity contribution in [2.45, 2.75) is 24.3 Å². The van der Waals surface area contributed by atoms with Gasteiger partial charge in [0.25, 0.3) is 0 Å². The van der Waals surface area contributed by atoms with Crippen LogP contribution in [0.3, 0.4) is 0 Å². The number of hydrogen-bond donors (Lipinski definition) is 1. The highest BCUT2D eigenvalue weighted by atomic mass is 32.2. The summed E-state index contributed by atoms with van der Waals surface area (Å²) < 4.78 is 33.1. The predicted molar refractivity (Wildman–Crippen MR) is 90.7 cm³/mol. The van der Waals surface area contributed by atoms with E-state index in [2.05, 4.69) is 10.6 Å². The minimum absolute atomic E-state index is 0.208. The predicted octanol–water partition coefficient (Wildman–Crippen LogP) is 3.05. The number of nitrogens with one attached hydrogen (secondary N) is 1. The fourth-order valence-corrected chi connectivity index (χ4v) is 3.48. The number of hydrogen-bond acceptors (Lipinski definition) is 3. The summed E-state index contributed by atoms with van der Waals surface area (Å²) >= 11 is 0. The molecule has 0 heterocycles. The molecule has 0 saturated carbocycles. The largest absolute Gasteiger partial charge is 0.496 e. The molecule has 0 aromatic heterocycles. The molecule has 1 N–H and O–H groups in total. The second-order valence-electron chi connectivity index (χ2n) is 5.14. The van der Waals surface area contributed by atoms with Gasteiger partial charge in [-0.25, -0.2) is 13.1 Å². The lowest BCUT2D eigenvalue weighted by Gasteiger charge is -2.19. The van der Waals surface area contributed by atoms with Crippen molar-refractivity contribution in [2.75, 3.05) is 7.11 Å². The van der Waals surface area contributed by atoms with E-state index in [9.17, 15) is 8.42 Å². The molecule has 4 nitrogen and oxygen atoms in total. The number of terminal acetylenes is 1. The number of methoxy groups -OCH3 is 1. The molecule has 0 bridgehead atoms. The van der Waals surface area contributed by atoms with Crippen LogP contribution in [-0.4, -0.2) is 15.5 Å². The van der Waals surface area contributed by atoms with E-state index < -0.39 is 16.1 Å². The average Bonchev–Trinajstić information content (AvgIpc) is 2.54. The van der Waals surface area contributed by atoms with Gasteiger partial charge in [-0.05, 0) is 25.1 Å². The lowest BCUT2D eigenvalue weighted by atomic mass is 10.0. The standard InChI is InChI=1S/C18H19NO3S/c1-4-7-17(16-8-5-6-9-18(16)22-3)19-23(20,21)15-12-10-14(2)11-13-15/h1,5-6,8-13,17,19H,7H2,2-3H3. The first kappa shape index (κ1) is 17.1. The number of sulfonamides is 1. The minimum atomic E-state index is -3.67. The molecule has 0 fully saturated rings. The summed E-state index contributed by atoms with van der Waals surface area (Å²) in [5.74, 6) is 3.11. The lowest BCUT2D eigenvalue weighted by Crippen LogP contribution is -2.28. The van der Waals surface area contributed by atoms with Crippen molar-refractivity contribution < 1.29 is 13.2 Å². The molecule has 0 aliphatic heterocycles. The molecule has 2 aromatic carbocycles. The van der Waals surface area contributed by atoms with Gasteiger partial charge in [0.05, 0.1) is 18.0 Å². The molecule has 0 radical (unpaired) electrons. The molecule has 2 rings (SSSR count). The fourth-order valence-electron chi connectivity index (χ4n) is 2.26. The Bertz CT molecular complexity index is 805. The zero-order valence-corrected chi connectivity index (χ0v) is 13.9. The molecule has 0 spiro atoms. The van der Waals surface area contributed by atoms with Crippen molar-refractivity contribution in [1.29, 1.82) is 0 Å². The number of para-hydroxylation sites is 1. The molecular formula is C18H19NO3S. The van der Waals surface area contributed by atoms with Gasteiger partial charge in [0, 0.05) is 12.0 Å². The second kappa shape index (κ2) is 7.32. The van der Waals surface area contributed by atoms with E-state index in [0.29, 0.717) is 11.3 Å². The van der Waals surface area contributed by atoms with E-state index >= 15 is 0 Å². The molecule has 2 aromatic rings. The second-order valence-corrected chi connectivity index (χ2v) is 6.85. The summed E-state index contributed by atoms with van der Waals surface area (Å²) in [5, 5.41) is 0. The maximum atomic E-state index is 12.6. The Morgan fingerprint density at radius 2 is 1.83 bits per heavy atom. The Kier molecular flexibility index (Phi) is 5.43. The highest BCUT2D eigenvalue weighted by molar-refractivity contribution is 7.89. The molecule has 0 aliphatic carbocycles. The van der Waals surface area contributed by atoms with Crippen LogP contribution in [0.15, 0.2) is 53.4 Å². The van der Waals surface area contributed by atoms with Gasteiger partial charge >= 0.3 is 0 Å². The first-order valence-corrected chi connectivity index (χ1v) is 8.61. The smallest absolute Gasteiger partial charge is 0.241 e. The van der Waals surface area contributed by atoms with Crippen LogP contribution in [0.1, 0.15) is 23.6 Å². The zero-order chi connectivity index (χ0) is 16.9. The van der Waals surface area contributed by atoms with E-state index in [1.54, 1.807) is 43.5 Å². The summed E-state index contributed by atoms with van der Waals surface area (Å²) in [6.45, 7) is 1.90. The van der Waals surface area contributed by atoms with E-state index in [4.69, 9.17) is 11.2 Å². The van der Waals surface area contributed by atoms with E-state index in [1.807, 2.05) is 19.1 Å². The SMILES string of the molecule is C#CCC(NS(=O)(=O)c1ccc(C)cc1)c1ccccc1OC. The highest BCUT2D eigenvalue weighted by Crippen LogP contribution is 2.28. The van der Waals surface area contributed by atoms with Gasteiger partial charge in [-0.15, -0.1) is 12.3 Å². The van der Waals surface area contributed by atoms with E-state index in [0.717, 1.165) is 5.56 Å². The van der Waals surface area contributed by atoms with Crippen LogP contribution in [0.25, 0.3) is 0 Å². The summed E-state index contributed by atoms with van der Waals surface area (Å²) in [4.78, 5) is 0.208. The summed E-state index contributed by atoms with van der Waals surface area (Å²) in [7, 11) is -2.13. The molecule has 120 valence electrons. The third-order valence-electron chi connectivity index (χ3n) is 3.47. The number of ether oxygens (including phenoxy) is 1. The van der Waals surface area contributed by atoms with Crippen molar-refractivity contribution in [2.24, 2.45) is 0 Å². The maximum Gasteiger partial charge on any atom is 0.241 e. The van der Waals surface area contributed by atoms with Crippen LogP contribution in [0, 0.1) is 19.3 Å². The van der Waals surface area contributed by atoms with Crippen molar-refractivity contribution >= 4 is 10.0 Å². The van der Waals surface area contributed by atoms with Crippen LogP contribution in [-0.2, 0) is 10.0 Å². The maximum absolute atomic E-state index is 12.6.